The maximum atomic E-state index is 13.2. The third kappa shape index (κ3) is 7.57. The first-order valence-corrected chi connectivity index (χ1v) is 12.9. The zero-order valence-corrected chi connectivity index (χ0v) is 21.5. The van der Waals surface area contributed by atoms with Crippen LogP contribution in [0.25, 0.3) is 11.3 Å². The van der Waals surface area contributed by atoms with Crippen molar-refractivity contribution in [2.45, 2.75) is 52.4 Å². The predicted octanol–water partition coefficient (Wildman–Crippen LogP) is 6.60. The lowest BCUT2D eigenvalue weighted by atomic mass is 9.88. The first-order valence-electron chi connectivity index (χ1n) is 12.9. The number of piperidine rings is 1. The average Bonchev–Trinajstić information content (AvgIpc) is 3.65. The third-order valence-corrected chi connectivity index (χ3v) is 7.23. The minimum absolute atomic E-state index is 0.158. The first kappa shape index (κ1) is 26.7. The van der Waals surface area contributed by atoms with Gasteiger partial charge in [0.05, 0.1) is 0 Å². The summed E-state index contributed by atoms with van der Waals surface area (Å²) >= 11 is 0. The summed E-state index contributed by atoms with van der Waals surface area (Å²) in [4.78, 5) is 2.45. The SMILES string of the molecule is C=C(c1cc(/C(=C\CN)CC2CC2)c(C)cc1C)N1CCC(Cc2ccc(F)cc2)CC1.C=CN. The number of aryl methyl sites for hydroxylation is 2. The Kier molecular flexibility index (Phi) is 9.73. The van der Waals surface area contributed by atoms with Gasteiger partial charge in [-0.2, -0.15) is 0 Å². The van der Waals surface area contributed by atoms with E-state index in [2.05, 4.69) is 55.8 Å². The van der Waals surface area contributed by atoms with Crippen LogP contribution < -0.4 is 11.5 Å². The molecule has 0 aromatic heterocycles. The normalized spacial score (nSPS) is 16.5. The van der Waals surface area contributed by atoms with Crippen molar-refractivity contribution in [3.63, 3.8) is 0 Å². The van der Waals surface area contributed by atoms with Crippen molar-refractivity contribution < 1.29 is 4.39 Å². The van der Waals surface area contributed by atoms with Gasteiger partial charge in [0.25, 0.3) is 0 Å². The highest BCUT2D eigenvalue weighted by atomic mass is 19.1. The number of likely N-dealkylation sites (tertiary alicyclic amines) is 1. The van der Waals surface area contributed by atoms with Gasteiger partial charge in [-0.05, 0) is 116 Å². The molecule has 1 aliphatic carbocycles. The molecule has 4 heteroatoms. The van der Waals surface area contributed by atoms with E-state index in [-0.39, 0.29) is 5.82 Å². The van der Waals surface area contributed by atoms with E-state index in [0.717, 1.165) is 50.4 Å². The molecule has 188 valence electrons. The van der Waals surface area contributed by atoms with Crippen molar-refractivity contribution in [2.75, 3.05) is 19.6 Å². The Bertz CT molecular complexity index is 1030. The number of halogens is 1. The van der Waals surface area contributed by atoms with Gasteiger partial charge in [-0.1, -0.05) is 37.4 Å². The standard InChI is InChI=1S/C29H37FN2.C2H5N/c1-20-16-21(2)29(26(10-13-31)18-24-4-5-24)19-28(20)22(3)32-14-11-25(12-15-32)17-23-6-8-27(30)9-7-23;1-2-3/h6-10,16,19,24-25H,3-5,11-15,17-18,31H2,1-2H3;2H,1,3H2/b26-10-;. The highest BCUT2D eigenvalue weighted by Gasteiger charge is 2.25. The van der Waals surface area contributed by atoms with E-state index in [9.17, 15) is 4.39 Å². The molecular weight excluding hydrogens is 433 g/mol. The van der Waals surface area contributed by atoms with E-state index in [1.54, 1.807) is 12.1 Å². The van der Waals surface area contributed by atoms with Gasteiger partial charge in [-0.3, -0.25) is 0 Å². The maximum Gasteiger partial charge on any atom is 0.123 e. The molecule has 2 fully saturated rings. The quantitative estimate of drug-likeness (QED) is 0.452. The molecule has 2 aliphatic rings. The fourth-order valence-corrected chi connectivity index (χ4v) is 5.12. The number of hydrogen-bond donors (Lipinski definition) is 2. The maximum absolute atomic E-state index is 13.2. The molecule has 1 heterocycles. The smallest absolute Gasteiger partial charge is 0.123 e. The fraction of sp³-hybridized carbons (Fsp3) is 0.419. The molecule has 0 unspecified atom stereocenters. The summed E-state index contributed by atoms with van der Waals surface area (Å²) in [6, 6.07) is 11.7. The van der Waals surface area contributed by atoms with Crippen molar-refractivity contribution in [3.05, 3.63) is 95.5 Å². The van der Waals surface area contributed by atoms with E-state index in [1.165, 1.54) is 52.4 Å². The van der Waals surface area contributed by atoms with Crippen molar-refractivity contribution in [1.82, 2.24) is 4.90 Å². The molecule has 0 amide bonds. The summed E-state index contributed by atoms with van der Waals surface area (Å²) < 4.78 is 13.2. The topological polar surface area (TPSA) is 55.3 Å². The monoisotopic (exact) mass is 475 g/mol. The van der Waals surface area contributed by atoms with Gasteiger partial charge in [-0.15, -0.1) is 0 Å². The molecule has 4 N–H and O–H groups in total. The molecule has 1 saturated carbocycles. The predicted molar refractivity (Wildman–Crippen MR) is 148 cm³/mol. The molecule has 1 saturated heterocycles. The molecule has 0 spiro atoms. The third-order valence-electron chi connectivity index (χ3n) is 7.23. The molecule has 4 rings (SSSR count). The van der Waals surface area contributed by atoms with Gasteiger partial charge in [-0.25, -0.2) is 4.39 Å². The summed E-state index contributed by atoms with van der Waals surface area (Å²) in [5.41, 5.74) is 19.5. The Morgan fingerprint density at radius 1 is 1.00 bits per heavy atom. The molecule has 35 heavy (non-hydrogen) atoms. The summed E-state index contributed by atoms with van der Waals surface area (Å²) in [6.45, 7) is 14.7. The number of allylic oxidation sites excluding steroid dienone is 1. The number of benzene rings is 2. The van der Waals surface area contributed by atoms with Gasteiger partial charge in [0.1, 0.15) is 5.82 Å². The van der Waals surface area contributed by atoms with E-state index in [4.69, 9.17) is 5.73 Å². The molecule has 2 aromatic carbocycles. The van der Waals surface area contributed by atoms with Crippen LogP contribution in [-0.4, -0.2) is 24.5 Å². The highest BCUT2D eigenvalue weighted by molar-refractivity contribution is 5.75. The van der Waals surface area contributed by atoms with Crippen LogP contribution in [0.1, 0.15) is 59.9 Å². The highest BCUT2D eigenvalue weighted by Crippen LogP contribution is 2.40. The van der Waals surface area contributed by atoms with E-state index >= 15 is 0 Å². The van der Waals surface area contributed by atoms with Crippen LogP contribution in [0.5, 0.6) is 0 Å². The number of nitrogens with two attached hydrogens (primary N) is 2. The first-order chi connectivity index (χ1) is 16.9. The van der Waals surface area contributed by atoms with Gasteiger partial charge in [0, 0.05) is 30.9 Å². The Morgan fingerprint density at radius 3 is 2.17 bits per heavy atom. The van der Waals surface area contributed by atoms with Gasteiger partial charge >= 0.3 is 0 Å². The number of rotatable bonds is 8. The van der Waals surface area contributed by atoms with Crippen molar-refractivity contribution >= 4 is 11.3 Å². The van der Waals surface area contributed by atoms with Crippen molar-refractivity contribution in [2.24, 2.45) is 23.3 Å². The Labute approximate surface area is 211 Å². The molecule has 3 nitrogen and oxygen atoms in total. The van der Waals surface area contributed by atoms with Crippen molar-refractivity contribution in [1.29, 1.82) is 0 Å². The average molecular weight is 476 g/mol. The van der Waals surface area contributed by atoms with E-state index in [0.29, 0.717) is 12.5 Å². The van der Waals surface area contributed by atoms with E-state index < -0.39 is 0 Å². The Hall–Kier alpha value is -2.85. The van der Waals surface area contributed by atoms with Crippen LogP contribution in [0.2, 0.25) is 0 Å². The number of hydrogen-bond acceptors (Lipinski definition) is 3. The van der Waals surface area contributed by atoms with Gasteiger partial charge in [0.15, 0.2) is 0 Å². The van der Waals surface area contributed by atoms with Crippen LogP contribution in [-0.2, 0) is 6.42 Å². The second-order valence-electron chi connectivity index (χ2n) is 10.0. The van der Waals surface area contributed by atoms with Crippen LogP contribution in [0.15, 0.2) is 61.8 Å². The Morgan fingerprint density at radius 2 is 1.60 bits per heavy atom. The van der Waals surface area contributed by atoms with Gasteiger partial charge in [0.2, 0.25) is 0 Å². The minimum atomic E-state index is -0.158. The van der Waals surface area contributed by atoms with Crippen LogP contribution in [0.4, 0.5) is 4.39 Å². The summed E-state index contributed by atoms with van der Waals surface area (Å²) in [7, 11) is 0. The Balaban J connectivity index is 0.00000108. The molecule has 2 aromatic rings. The lowest BCUT2D eigenvalue weighted by Crippen LogP contribution is -2.33. The number of nitrogens with zero attached hydrogens (tertiary/aromatic N) is 1. The summed E-state index contributed by atoms with van der Waals surface area (Å²) in [5, 5.41) is 0. The minimum Gasteiger partial charge on any atom is -0.405 e. The zero-order valence-electron chi connectivity index (χ0n) is 21.5. The molecule has 0 bridgehead atoms. The molecule has 1 aliphatic heterocycles. The van der Waals surface area contributed by atoms with E-state index in [1.807, 2.05) is 12.1 Å². The molecule has 0 radical (unpaired) electrons. The summed E-state index contributed by atoms with van der Waals surface area (Å²) in [5.74, 6) is 1.33. The second kappa shape index (κ2) is 12.7. The summed E-state index contributed by atoms with van der Waals surface area (Å²) in [6.07, 6.45) is 10.6. The van der Waals surface area contributed by atoms with Crippen LogP contribution >= 0.6 is 0 Å². The molecular formula is C31H42FN3. The largest absolute Gasteiger partial charge is 0.405 e. The van der Waals surface area contributed by atoms with Crippen LogP contribution in [0.3, 0.4) is 0 Å². The lowest BCUT2D eigenvalue weighted by Gasteiger charge is -2.35. The van der Waals surface area contributed by atoms with Crippen LogP contribution in [0, 0.1) is 31.5 Å². The fourth-order valence-electron chi connectivity index (χ4n) is 5.12. The van der Waals surface area contributed by atoms with Gasteiger partial charge < -0.3 is 16.4 Å². The second-order valence-corrected chi connectivity index (χ2v) is 10.0. The zero-order chi connectivity index (χ0) is 25.4. The van der Waals surface area contributed by atoms with Crippen molar-refractivity contribution in [3.8, 4) is 0 Å². The molecule has 0 atom stereocenters. The lowest BCUT2D eigenvalue weighted by molar-refractivity contribution is 0.254.